The van der Waals surface area contributed by atoms with Crippen LogP contribution in [0.25, 0.3) is 0 Å². The van der Waals surface area contributed by atoms with E-state index >= 15 is 0 Å². The summed E-state index contributed by atoms with van der Waals surface area (Å²) in [6, 6.07) is 6.77. The summed E-state index contributed by atoms with van der Waals surface area (Å²) in [5.74, 6) is 0.263. The first-order chi connectivity index (χ1) is 9.15. The molecule has 4 nitrogen and oxygen atoms in total. The second kappa shape index (κ2) is 4.85. The average molecular weight is 259 g/mol. The van der Waals surface area contributed by atoms with Crippen molar-refractivity contribution >= 4 is 11.6 Å². The van der Waals surface area contributed by atoms with Crippen LogP contribution in [0.4, 0.5) is 5.69 Å². The maximum atomic E-state index is 12.3. The van der Waals surface area contributed by atoms with Crippen LogP contribution in [0.1, 0.15) is 11.1 Å². The van der Waals surface area contributed by atoms with Crippen LogP contribution in [0.2, 0.25) is 0 Å². The summed E-state index contributed by atoms with van der Waals surface area (Å²) in [6.45, 7) is 8.35. The van der Waals surface area contributed by atoms with E-state index in [1.54, 1.807) is 0 Å². The zero-order valence-corrected chi connectivity index (χ0v) is 11.6. The van der Waals surface area contributed by atoms with Crippen molar-refractivity contribution in [2.45, 2.75) is 19.9 Å². The third kappa shape index (κ3) is 2.32. The molecular formula is C15H21N3O. The minimum Gasteiger partial charge on any atom is -0.360 e. The quantitative estimate of drug-likeness (QED) is 0.815. The van der Waals surface area contributed by atoms with Gasteiger partial charge in [-0.3, -0.25) is 4.79 Å². The molecule has 3 rings (SSSR count). The highest BCUT2D eigenvalue weighted by Gasteiger charge is 2.34. The summed E-state index contributed by atoms with van der Waals surface area (Å²) in [6.07, 6.45) is 0. The minimum absolute atomic E-state index is 0.263. The van der Waals surface area contributed by atoms with Crippen molar-refractivity contribution in [2.24, 2.45) is 0 Å². The number of fused-ring (bicyclic) bond motifs is 1. The summed E-state index contributed by atoms with van der Waals surface area (Å²) in [5, 5.41) is 3.38. The minimum atomic E-state index is 0.263. The lowest BCUT2D eigenvalue weighted by Crippen LogP contribution is -2.63. The normalized spacial score (nSPS) is 23.5. The van der Waals surface area contributed by atoms with E-state index < -0.39 is 0 Å². The molecule has 1 aromatic rings. The number of amides is 1. The van der Waals surface area contributed by atoms with E-state index in [1.807, 2.05) is 4.90 Å². The fraction of sp³-hybridized carbons (Fsp3) is 0.533. The molecule has 0 saturated carbocycles. The van der Waals surface area contributed by atoms with Gasteiger partial charge in [-0.1, -0.05) is 12.1 Å². The van der Waals surface area contributed by atoms with Crippen LogP contribution in [0.5, 0.6) is 0 Å². The Bertz CT molecular complexity index is 500. The highest BCUT2D eigenvalue weighted by molar-refractivity contribution is 5.84. The van der Waals surface area contributed by atoms with Crippen LogP contribution < -0.4 is 10.2 Å². The highest BCUT2D eigenvalue weighted by Crippen LogP contribution is 2.25. The number of aryl methyl sites for hydroxylation is 2. The molecule has 4 heteroatoms. The number of nitrogens with one attached hydrogen (secondary N) is 1. The van der Waals surface area contributed by atoms with Crippen molar-refractivity contribution in [3.63, 3.8) is 0 Å². The maximum Gasteiger partial charge on any atom is 0.242 e. The van der Waals surface area contributed by atoms with Gasteiger partial charge in [0.1, 0.15) is 0 Å². The van der Waals surface area contributed by atoms with Crippen molar-refractivity contribution < 1.29 is 4.79 Å². The lowest BCUT2D eigenvalue weighted by atomic mass is 10.1. The van der Waals surface area contributed by atoms with Gasteiger partial charge in [0, 0.05) is 31.9 Å². The molecule has 2 saturated heterocycles. The largest absolute Gasteiger partial charge is 0.360 e. The highest BCUT2D eigenvalue weighted by atomic mass is 16.2. The van der Waals surface area contributed by atoms with Gasteiger partial charge < -0.3 is 15.1 Å². The van der Waals surface area contributed by atoms with Gasteiger partial charge in [-0.2, -0.15) is 0 Å². The first-order valence-electron chi connectivity index (χ1n) is 6.97. The molecule has 2 aliphatic heterocycles. The van der Waals surface area contributed by atoms with Crippen molar-refractivity contribution in [3.8, 4) is 0 Å². The number of hydrogen-bond acceptors (Lipinski definition) is 3. The summed E-state index contributed by atoms with van der Waals surface area (Å²) in [4.78, 5) is 16.5. The summed E-state index contributed by atoms with van der Waals surface area (Å²) >= 11 is 0. The van der Waals surface area contributed by atoms with Gasteiger partial charge in [-0.25, -0.2) is 0 Å². The molecule has 1 amide bonds. The predicted molar refractivity (Wildman–Crippen MR) is 76.5 cm³/mol. The van der Waals surface area contributed by atoms with Crippen LogP contribution in [0.15, 0.2) is 18.2 Å². The molecule has 2 aliphatic rings. The van der Waals surface area contributed by atoms with E-state index in [1.165, 1.54) is 16.8 Å². The van der Waals surface area contributed by atoms with Gasteiger partial charge in [0.15, 0.2) is 0 Å². The van der Waals surface area contributed by atoms with Gasteiger partial charge in [-0.15, -0.1) is 0 Å². The fourth-order valence-electron chi connectivity index (χ4n) is 3.07. The van der Waals surface area contributed by atoms with Gasteiger partial charge in [0.2, 0.25) is 5.91 Å². The Balaban J connectivity index is 1.86. The van der Waals surface area contributed by atoms with Crippen LogP contribution >= 0.6 is 0 Å². The van der Waals surface area contributed by atoms with Crippen LogP contribution in [-0.4, -0.2) is 49.6 Å². The van der Waals surface area contributed by atoms with E-state index in [0.717, 1.165) is 26.2 Å². The fourth-order valence-corrected chi connectivity index (χ4v) is 3.07. The van der Waals surface area contributed by atoms with E-state index in [9.17, 15) is 4.79 Å². The molecule has 0 spiro atoms. The molecule has 19 heavy (non-hydrogen) atoms. The topological polar surface area (TPSA) is 35.6 Å². The van der Waals surface area contributed by atoms with Gasteiger partial charge in [0.25, 0.3) is 0 Å². The Morgan fingerprint density at radius 2 is 2.16 bits per heavy atom. The van der Waals surface area contributed by atoms with Crippen LogP contribution in [-0.2, 0) is 4.79 Å². The van der Waals surface area contributed by atoms with Gasteiger partial charge in [-0.05, 0) is 31.0 Å². The Labute approximate surface area is 114 Å². The molecule has 0 radical (unpaired) electrons. The molecule has 0 aliphatic carbocycles. The smallest absolute Gasteiger partial charge is 0.242 e. The van der Waals surface area contributed by atoms with Crippen molar-refractivity contribution in [3.05, 3.63) is 29.3 Å². The number of benzene rings is 1. The van der Waals surface area contributed by atoms with E-state index in [4.69, 9.17) is 0 Å². The van der Waals surface area contributed by atoms with Crippen molar-refractivity contribution in [2.75, 3.05) is 37.6 Å². The SMILES string of the molecule is Cc1ccc(C)c(N2CC(=O)N3CCNCC3C2)c1. The number of anilines is 1. The second-order valence-corrected chi connectivity index (χ2v) is 5.62. The monoisotopic (exact) mass is 259 g/mol. The molecule has 1 atom stereocenters. The van der Waals surface area contributed by atoms with E-state index in [0.29, 0.717) is 12.6 Å². The summed E-state index contributed by atoms with van der Waals surface area (Å²) in [5.41, 5.74) is 3.70. The number of nitrogens with zero attached hydrogens (tertiary/aromatic N) is 2. The summed E-state index contributed by atoms with van der Waals surface area (Å²) < 4.78 is 0. The first kappa shape index (κ1) is 12.5. The zero-order chi connectivity index (χ0) is 13.4. The number of rotatable bonds is 1. The summed E-state index contributed by atoms with van der Waals surface area (Å²) in [7, 11) is 0. The van der Waals surface area contributed by atoms with Gasteiger partial charge in [0.05, 0.1) is 12.6 Å². The molecule has 2 fully saturated rings. The predicted octanol–water partition coefficient (Wildman–Crippen LogP) is 0.924. The van der Waals surface area contributed by atoms with Crippen molar-refractivity contribution in [1.82, 2.24) is 10.2 Å². The lowest BCUT2D eigenvalue weighted by Gasteiger charge is -2.45. The number of hydrogen-bond donors (Lipinski definition) is 1. The number of carbonyl (C=O) groups is 1. The van der Waals surface area contributed by atoms with E-state index in [-0.39, 0.29) is 5.91 Å². The molecule has 2 heterocycles. The third-order valence-electron chi connectivity index (χ3n) is 4.13. The standard InChI is InChI=1S/C15H21N3O/c1-11-3-4-12(2)14(7-11)17-9-13-8-16-5-6-18(13)15(19)10-17/h3-4,7,13,16H,5-6,8-10H2,1-2H3. The number of piperazine rings is 2. The molecule has 1 unspecified atom stereocenters. The molecule has 102 valence electrons. The van der Waals surface area contributed by atoms with Crippen molar-refractivity contribution in [1.29, 1.82) is 0 Å². The number of carbonyl (C=O) groups excluding carboxylic acids is 1. The average Bonchev–Trinajstić information content (AvgIpc) is 2.41. The van der Waals surface area contributed by atoms with E-state index in [2.05, 4.69) is 42.3 Å². The Hall–Kier alpha value is -1.55. The van der Waals surface area contributed by atoms with Crippen LogP contribution in [0, 0.1) is 13.8 Å². The first-order valence-corrected chi connectivity index (χ1v) is 6.97. The van der Waals surface area contributed by atoms with Gasteiger partial charge >= 0.3 is 0 Å². The molecule has 1 N–H and O–H groups in total. The molecule has 0 aromatic heterocycles. The third-order valence-corrected chi connectivity index (χ3v) is 4.13. The Morgan fingerprint density at radius 1 is 1.32 bits per heavy atom. The lowest BCUT2D eigenvalue weighted by molar-refractivity contribution is -0.134. The second-order valence-electron chi connectivity index (χ2n) is 5.62. The zero-order valence-electron chi connectivity index (χ0n) is 11.6. The van der Waals surface area contributed by atoms with Crippen LogP contribution in [0.3, 0.4) is 0 Å². The Morgan fingerprint density at radius 3 is 3.00 bits per heavy atom. The molecule has 1 aromatic carbocycles. The molecule has 0 bridgehead atoms. The maximum absolute atomic E-state index is 12.3. The Kier molecular flexibility index (Phi) is 3.19. The molecular weight excluding hydrogens is 238 g/mol.